The second-order valence-electron chi connectivity index (χ2n) is 4.22. The molecule has 0 fully saturated rings. The Hall–Kier alpha value is -2.24. The maximum atomic E-state index is 12.1. The Morgan fingerprint density at radius 1 is 1.39 bits per heavy atom. The third-order valence-electron chi connectivity index (χ3n) is 3.00. The van der Waals surface area contributed by atoms with E-state index in [0.717, 1.165) is 17.9 Å². The molecule has 1 amide bonds. The fraction of sp³-hybridized carbons (Fsp3) is 0.333. The first-order valence-corrected chi connectivity index (χ1v) is 5.70. The second kappa shape index (κ2) is 4.95. The predicted octanol–water partition coefficient (Wildman–Crippen LogP) is 0.606. The van der Waals surface area contributed by atoms with Crippen LogP contribution in [0.5, 0.6) is 0 Å². The number of benzene rings is 1. The SMILES string of the molecule is CN1CCN(C(=O)CC(N)=NO)c2ccccc21. The third kappa shape index (κ3) is 2.22. The summed E-state index contributed by atoms with van der Waals surface area (Å²) in [5.41, 5.74) is 7.24. The lowest BCUT2D eigenvalue weighted by Gasteiger charge is -2.35. The Kier molecular flexibility index (Phi) is 3.36. The smallest absolute Gasteiger partial charge is 0.234 e. The number of amides is 1. The van der Waals surface area contributed by atoms with Crippen molar-refractivity contribution in [3.8, 4) is 0 Å². The number of carbonyl (C=O) groups excluding carboxylic acids is 1. The van der Waals surface area contributed by atoms with Gasteiger partial charge in [-0.2, -0.15) is 0 Å². The minimum atomic E-state index is -0.161. The normalized spacial score (nSPS) is 15.5. The van der Waals surface area contributed by atoms with Crippen molar-refractivity contribution in [1.82, 2.24) is 0 Å². The van der Waals surface area contributed by atoms with E-state index >= 15 is 0 Å². The molecule has 0 aromatic heterocycles. The lowest BCUT2D eigenvalue weighted by atomic mass is 10.1. The van der Waals surface area contributed by atoms with Gasteiger partial charge in [-0.05, 0) is 12.1 Å². The lowest BCUT2D eigenvalue weighted by molar-refractivity contribution is -0.117. The summed E-state index contributed by atoms with van der Waals surface area (Å²) in [6.07, 6.45) is -0.0749. The van der Waals surface area contributed by atoms with Crippen LogP contribution in [0.15, 0.2) is 29.4 Å². The van der Waals surface area contributed by atoms with E-state index in [1.807, 2.05) is 31.3 Å². The van der Waals surface area contributed by atoms with Crippen LogP contribution in [-0.2, 0) is 4.79 Å². The average Bonchev–Trinajstić information content (AvgIpc) is 2.39. The summed E-state index contributed by atoms with van der Waals surface area (Å²) in [5.74, 6) is -0.234. The van der Waals surface area contributed by atoms with Crippen molar-refractivity contribution in [3.05, 3.63) is 24.3 Å². The Morgan fingerprint density at radius 2 is 2.06 bits per heavy atom. The largest absolute Gasteiger partial charge is 0.409 e. The number of carbonyl (C=O) groups is 1. The topological polar surface area (TPSA) is 82.2 Å². The molecule has 3 N–H and O–H groups in total. The number of rotatable bonds is 2. The highest BCUT2D eigenvalue weighted by Gasteiger charge is 2.25. The number of fused-ring (bicyclic) bond motifs is 1. The highest BCUT2D eigenvalue weighted by Crippen LogP contribution is 2.31. The summed E-state index contributed by atoms with van der Waals surface area (Å²) in [4.78, 5) is 15.8. The van der Waals surface area contributed by atoms with Gasteiger partial charge in [-0.3, -0.25) is 4.79 Å². The fourth-order valence-corrected chi connectivity index (χ4v) is 2.05. The van der Waals surface area contributed by atoms with E-state index in [1.54, 1.807) is 4.90 Å². The van der Waals surface area contributed by atoms with Gasteiger partial charge in [0.2, 0.25) is 5.91 Å². The number of likely N-dealkylation sites (N-methyl/N-ethyl adjacent to an activating group) is 1. The fourth-order valence-electron chi connectivity index (χ4n) is 2.05. The Bertz CT molecular complexity index is 487. The summed E-state index contributed by atoms with van der Waals surface area (Å²) >= 11 is 0. The van der Waals surface area contributed by atoms with Gasteiger partial charge in [0, 0.05) is 20.1 Å². The lowest BCUT2D eigenvalue weighted by Crippen LogP contribution is -2.43. The maximum absolute atomic E-state index is 12.1. The van der Waals surface area contributed by atoms with Gasteiger partial charge in [0.15, 0.2) is 0 Å². The molecular formula is C12H16N4O2. The van der Waals surface area contributed by atoms with Crippen molar-refractivity contribution >= 4 is 23.1 Å². The maximum Gasteiger partial charge on any atom is 0.234 e. The van der Waals surface area contributed by atoms with Gasteiger partial charge in [-0.1, -0.05) is 17.3 Å². The van der Waals surface area contributed by atoms with Crippen molar-refractivity contribution in [2.75, 3.05) is 29.9 Å². The van der Waals surface area contributed by atoms with Gasteiger partial charge in [-0.15, -0.1) is 0 Å². The first kappa shape index (κ1) is 12.2. The number of para-hydroxylation sites is 2. The molecule has 96 valence electrons. The molecule has 6 heteroatoms. The van der Waals surface area contributed by atoms with Crippen LogP contribution in [0.3, 0.4) is 0 Å². The average molecular weight is 248 g/mol. The monoisotopic (exact) mass is 248 g/mol. The molecule has 0 saturated heterocycles. The van der Waals surface area contributed by atoms with Crippen LogP contribution in [0, 0.1) is 0 Å². The Labute approximate surface area is 105 Å². The van der Waals surface area contributed by atoms with Crippen LogP contribution in [0.2, 0.25) is 0 Å². The van der Waals surface area contributed by atoms with Gasteiger partial charge in [0.1, 0.15) is 5.84 Å². The molecule has 2 rings (SSSR count). The zero-order valence-electron chi connectivity index (χ0n) is 10.2. The number of nitrogens with two attached hydrogens (primary N) is 1. The van der Waals surface area contributed by atoms with Crippen LogP contribution in [0.25, 0.3) is 0 Å². The zero-order chi connectivity index (χ0) is 13.1. The molecule has 0 saturated carbocycles. The van der Waals surface area contributed by atoms with E-state index in [9.17, 15) is 4.79 Å². The first-order chi connectivity index (χ1) is 8.63. The summed E-state index contributed by atoms with van der Waals surface area (Å²) in [5, 5.41) is 11.3. The zero-order valence-corrected chi connectivity index (χ0v) is 10.2. The Morgan fingerprint density at radius 3 is 2.72 bits per heavy atom. The van der Waals surface area contributed by atoms with E-state index in [-0.39, 0.29) is 18.2 Å². The number of oxime groups is 1. The molecule has 0 radical (unpaired) electrons. The number of hydrogen-bond donors (Lipinski definition) is 2. The summed E-state index contributed by atoms with van der Waals surface area (Å²) < 4.78 is 0. The van der Waals surface area contributed by atoms with E-state index in [4.69, 9.17) is 10.9 Å². The molecule has 6 nitrogen and oxygen atoms in total. The molecule has 1 aromatic carbocycles. The highest BCUT2D eigenvalue weighted by molar-refractivity contribution is 6.07. The molecule has 1 heterocycles. The molecule has 0 spiro atoms. The summed E-state index contributed by atoms with van der Waals surface area (Å²) in [6.45, 7) is 1.37. The number of anilines is 2. The van der Waals surface area contributed by atoms with Gasteiger partial charge >= 0.3 is 0 Å². The van der Waals surface area contributed by atoms with Gasteiger partial charge < -0.3 is 20.7 Å². The first-order valence-electron chi connectivity index (χ1n) is 5.70. The van der Waals surface area contributed by atoms with Crippen molar-refractivity contribution in [3.63, 3.8) is 0 Å². The molecule has 18 heavy (non-hydrogen) atoms. The van der Waals surface area contributed by atoms with Crippen molar-refractivity contribution < 1.29 is 10.0 Å². The minimum Gasteiger partial charge on any atom is -0.409 e. The number of amidine groups is 1. The quantitative estimate of drug-likeness (QED) is 0.347. The molecule has 0 atom stereocenters. The van der Waals surface area contributed by atoms with Crippen LogP contribution in [0.4, 0.5) is 11.4 Å². The van der Waals surface area contributed by atoms with Crippen LogP contribution in [0.1, 0.15) is 6.42 Å². The highest BCUT2D eigenvalue weighted by atomic mass is 16.4. The van der Waals surface area contributed by atoms with Crippen LogP contribution in [-0.4, -0.2) is 37.1 Å². The molecule has 1 aromatic rings. The van der Waals surface area contributed by atoms with Crippen molar-refractivity contribution in [2.24, 2.45) is 10.9 Å². The molecule has 1 aliphatic heterocycles. The molecule has 0 aliphatic carbocycles. The van der Waals surface area contributed by atoms with Crippen molar-refractivity contribution in [2.45, 2.75) is 6.42 Å². The predicted molar refractivity (Wildman–Crippen MR) is 70.1 cm³/mol. The summed E-state index contributed by atoms with van der Waals surface area (Å²) in [7, 11) is 1.99. The van der Waals surface area contributed by atoms with Gasteiger partial charge in [0.25, 0.3) is 0 Å². The van der Waals surface area contributed by atoms with Crippen LogP contribution >= 0.6 is 0 Å². The van der Waals surface area contributed by atoms with E-state index in [0.29, 0.717) is 6.54 Å². The van der Waals surface area contributed by atoms with Gasteiger partial charge in [0.05, 0.1) is 17.8 Å². The summed E-state index contributed by atoms with van der Waals surface area (Å²) in [6, 6.07) is 7.70. The second-order valence-corrected chi connectivity index (χ2v) is 4.22. The molecule has 0 bridgehead atoms. The van der Waals surface area contributed by atoms with E-state index in [2.05, 4.69) is 10.1 Å². The van der Waals surface area contributed by atoms with Crippen molar-refractivity contribution in [1.29, 1.82) is 0 Å². The third-order valence-corrected chi connectivity index (χ3v) is 3.00. The Balaban J connectivity index is 2.26. The molecule has 0 unspecified atom stereocenters. The molecule has 1 aliphatic rings. The van der Waals surface area contributed by atoms with E-state index in [1.165, 1.54) is 0 Å². The van der Waals surface area contributed by atoms with Gasteiger partial charge in [-0.25, -0.2) is 0 Å². The molecular weight excluding hydrogens is 232 g/mol. The van der Waals surface area contributed by atoms with Crippen LogP contribution < -0.4 is 15.5 Å². The minimum absolute atomic E-state index is 0.0728. The standard InChI is InChI=1S/C12H16N4O2/c1-15-6-7-16(12(17)8-11(13)14-18)10-5-3-2-4-9(10)15/h2-5,18H,6-8H2,1H3,(H2,13,14). The van der Waals surface area contributed by atoms with E-state index < -0.39 is 0 Å². The number of hydrogen-bond acceptors (Lipinski definition) is 4. The number of nitrogens with zero attached hydrogens (tertiary/aromatic N) is 3.